The van der Waals surface area contributed by atoms with Gasteiger partial charge in [0.25, 0.3) is 0 Å². The highest BCUT2D eigenvalue weighted by molar-refractivity contribution is 5.23. The van der Waals surface area contributed by atoms with Gasteiger partial charge in [0.15, 0.2) is 0 Å². The zero-order valence-corrected chi connectivity index (χ0v) is 16.1. The van der Waals surface area contributed by atoms with Crippen LogP contribution in [-0.4, -0.2) is 0 Å². The molecule has 3 rings (SSSR count). The standard InChI is InChI=1S/C25H34/c1-3-20-6-5-7-22(11-8-20)18-24-14-16-25(17-15-24)19-23-12-9-21(4-2)10-13-23/h6-7,9-13,20,24-25H,3-4,8,14-19H2,1-2H3. The van der Waals surface area contributed by atoms with E-state index in [0.717, 1.165) is 18.3 Å². The van der Waals surface area contributed by atoms with Crippen molar-refractivity contribution in [1.82, 2.24) is 0 Å². The third-order valence-corrected chi connectivity index (χ3v) is 6.25. The van der Waals surface area contributed by atoms with Crippen molar-refractivity contribution in [3.63, 3.8) is 0 Å². The van der Waals surface area contributed by atoms with Crippen LogP contribution in [0.4, 0.5) is 0 Å². The molecule has 1 unspecified atom stereocenters. The first kappa shape index (κ1) is 18.3. The summed E-state index contributed by atoms with van der Waals surface area (Å²) in [5.74, 6) is 2.48. The number of benzene rings is 1. The predicted molar refractivity (Wildman–Crippen MR) is 109 cm³/mol. The maximum Gasteiger partial charge on any atom is -0.0125 e. The highest BCUT2D eigenvalue weighted by Crippen LogP contribution is 2.35. The molecule has 25 heavy (non-hydrogen) atoms. The van der Waals surface area contributed by atoms with Crippen molar-refractivity contribution in [3.05, 3.63) is 64.9 Å². The quantitative estimate of drug-likeness (QED) is 0.489. The molecule has 1 fully saturated rings. The van der Waals surface area contributed by atoms with Gasteiger partial charge >= 0.3 is 0 Å². The Labute approximate surface area is 154 Å². The number of hydrogen-bond acceptors (Lipinski definition) is 0. The molecule has 0 radical (unpaired) electrons. The summed E-state index contributed by atoms with van der Waals surface area (Å²) in [7, 11) is 0. The van der Waals surface area contributed by atoms with Gasteiger partial charge in [-0.25, -0.2) is 0 Å². The van der Waals surface area contributed by atoms with Gasteiger partial charge in [0, 0.05) is 0 Å². The normalized spacial score (nSPS) is 26.3. The molecule has 1 saturated carbocycles. The molecule has 0 amide bonds. The largest absolute Gasteiger partial charge is 0.125 e. The molecule has 0 heteroatoms. The molecule has 1 aromatic carbocycles. The molecule has 2 aliphatic rings. The Balaban J connectivity index is 1.45. The van der Waals surface area contributed by atoms with Crippen molar-refractivity contribution in [2.75, 3.05) is 0 Å². The van der Waals surface area contributed by atoms with Gasteiger partial charge in [-0.05, 0) is 104 Å². The minimum atomic E-state index is 0.698. The predicted octanol–water partition coefficient (Wildman–Crippen LogP) is 7.06. The zero-order chi connectivity index (χ0) is 17.5. The van der Waals surface area contributed by atoms with Crippen molar-refractivity contribution in [1.29, 1.82) is 0 Å². The van der Waals surface area contributed by atoms with E-state index in [1.807, 2.05) is 0 Å². The number of hydrogen-bond donors (Lipinski definition) is 0. The van der Waals surface area contributed by atoms with E-state index in [2.05, 4.69) is 62.1 Å². The van der Waals surface area contributed by atoms with Crippen LogP contribution in [0.3, 0.4) is 0 Å². The van der Waals surface area contributed by atoms with Crippen LogP contribution in [0.1, 0.15) is 69.9 Å². The van der Waals surface area contributed by atoms with E-state index < -0.39 is 0 Å². The van der Waals surface area contributed by atoms with Crippen molar-refractivity contribution in [2.45, 2.75) is 71.6 Å². The lowest BCUT2D eigenvalue weighted by molar-refractivity contribution is 0.273. The fourth-order valence-corrected chi connectivity index (χ4v) is 4.37. The summed E-state index contributed by atoms with van der Waals surface area (Å²) in [6, 6.07) is 9.32. The van der Waals surface area contributed by atoms with Crippen molar-refractivity contribution in [3.8, 4) is 0 Å². The summed E-state index contributed by atoms with van der Waals surface area (Å²) in [6.45, 7) is 4.51. The van der Waals surface area contributed by atoms with Crippen LogP contribution in [-0.2, 0) is 12.8 Å². The Morgan fingerprint density at radius 3 is 2.16 bits per heavy atom. The lowest BCUT2D eigenvalue weighted by atomic mass is 9.77. The Hall–Kier alpha value is -1.52. The van der Waals surface area contributed by atoms with E-state index in [9.17, 15) is 0 Å². The van der Waals surface area contributed by atoms with E-state index in [1.54, 1.807) is 0 Å². The molecule has 0 spiro atoms. The SMILES string of the molecule is CCc1ccc(CC2CCC(CC3=CCC(CC)C=C=C3)CC2)cc1. The molecule has 0 heterocycles. The summed E-state index contributed by atoms with van der Waals surface area (Å²) in [6.07, 6.45) is 18.8. The number of allylic oxidation sites excluding steroid dienone is 3. The highest BCUT2D eigenvalue weighted by atomic mass is 14.3. The fourth-order valence-electron chi connectivity index (χ4n) is 4.37. The van der Waals surface area contributed by atoms with Crippen LogP contribution in [0.25, 0.3) is 0 Å². The van der Waals surface area contributed by atoms with Gasteiger partial charge < -0.3 is 0 Å². The molecule has 0 aromatic heterocycles. The summed E-state index contributed by atoms with van der Waals surface area (Å²) in [5.41, 5.74) is 7.94. The smallest absolute Gasteiger partial charge is 0.0125 e. The molecule has 0 aliphatic heterocycles. The third kappa shape index (κ3) is 5.48. The lowest BCUT2D eigenvalue weighted by Crippen LogP contribution is -2.16. The Bertz CT molecular complexity index is 617. The zero-order valence-electron chi connectivity index (χ0n) is 16.1. The minimum absolute atomic E-state index is 0.698. The number of aryl methyl sites for hydroxylation is 1. The summed E-state index contributed by atoms with van der Waals surface area (Å²) >= 11 is 0. The molecule has 2 aliphatic carbocycles. The third-order valence-electron chi connectivity index (χ3n) is 6.25. The summed E-state index contributed by atoms with van der Waals surface area (Å²) < 4.78 is 0. The molecule has 0 nitrogen and oxygen atoms in total. The van der Waals surface area contributed by atoms with Gasteiger partial charge in [0.05, 0.1) is 0 Å². The second kappa shape index (κ2) is 9.25. The fraction of sp³-hybridized carbons (Fsp3) is 0.560. The van der Waals surface area contributed by atoms with Crippen LogP contribution < -0.4 is 0 Å². The molecular formula is C25H34. The van der Waals surface area contributed by atoms with Crippen molar-refractivity contribution >= 4 is 0 Å². The molecular weight excluding hydrogens is 300 g/mol. The van der Waals surface area contributed by atoms with E-state index in [0.29, 0.717) is 5.92 Å². The second-order valence-electron chi connectivity index (χ2n) is 8.13. The van der Waals surface area contributed by atoms with Gasteiger partial charge in [-0.3, -0.25) is 0 Å². The van der Waals surface area contributed by atoms with Gasteiger partial charge in [0.2, 0.25) is 0 Å². The summed E-state index contributed by atoms with van der Waals surface area (Å²) in [5, 5.41) is 0. The van der Waals surface area contributed by atoms with Gasteiger partial charge in [-0.2, -0.15) is 0 Å². The second-order valence-corrected chi connectivity index (χ2v) is 8.13. The van der Waals surface area contributed by atoms with E-state index in [-0.39, 0.29) is 0 Å². The summed E-state index contributed by atoms with van der Waals surface area (Å²) in [4.78, 5) is 0. The van der Waals surface area contributed by atoms with Crippen LogP contribution >= 0.6 is 0 Å². The average Bonchev–Trinajstić information content (AvgIpc) is 2.89. The van der Waals surface area contributed by atoms with E-state index in [1.165, 1.54) is 68.1 Å². The maximum atomic E-state index is 3.42. The van der Waals surface area contributed by atoms with E-state index in [4.69, 9.17) is 0 Å². The first-order valence-corrected chi connectivity index (χ1v) is 10.5. The van der Waals surface area contributed by atoms with Crippen molar-refractivity contribution in [2.24, 2.45) is 17.8 Å². The Morgan fingerprint density at radius 1 is 0.880 bits per heavy atom. The van der Waals surface area contributed by atoms with Crippen LogP contribution in [0, 0.1) is 17.8 Å². The Kier molecular flexibility index (Phi) is 6.76. The van der Waals surface area contributed by atoms with Crippen molar-refractivity contribution < 1.29 is 0 Å². The molecule has 0 saturated heterocycles. The van der Waals surface area contributed by atoms with Crippen LogP contribution in [0.5, 0.6) is 0 Å². The molecule has 134 valence electrons. The maximum absolute atomic E-state index is 3.42. The number of rotatable bonds is 6. The monoisotopic (exact) mass is 334 g/mol. The molecule has 0 bridgehead atoms. The van der Waals surface area contributed by atoms with Gasteiger partial charge in [-0.15, -0.1) is 5.73 Å². The first-order chi connectivity index (χ1) is 12.3. The van der Waals surface area contributed by atoms with E-state index >= 15 is 0 Å². The molecule has 1 atom stereocenters. The lowest BCUT2D eigenvalue weighted by Gasteiger charge is -2.29. The van der Waals surface area contributed by atoms with Crippen LogP contribution in [0.15, 0.2) is 53.8 Å². The molecule has 0 N–H and O–H groups in total. The first-order valence-electron chi connectivity index (χ1n) is 10.5. The highest BCUT2D eigenvalue weighted by Gasteiger charge is 2.22. The molecule has 1 aromatic rings. The van der Waals surface area contributed by atoms with Gasteiger partial charge in [-0.1, -0.05) is 44.2 Å². The average molecular weight is 335 g/mol. The minimum Gasteiger partial charge on any atom is -0.125 e. The van der Waals surface area contributed by atoms with Gasteiger partial charge in [0.1, 0.15) is 0 Å². The topological polar surface area (TPSA) is 0 Å². The Morgan fingerprint density at radius 2 is 1.52 bits per heavy atom. The van der Waals surface area contributed by atoms with Crippen LogP contribution in [0.2, 0.25) is 0 Å².